The number of hydrogen-bond acceptors (Lipinski definition) is 4. The number of halogens is 2. The molecular formula is C14H11BrClN3S. The van der Waals surface area contributed by atoms with Gasteiger partial charge in [0.1, 0.15) is 10.6 Å². The number of nitrogens with zero attached hydrogens (tertiary/aromatic N) is 2. The van der Waals surface area contributed by atoms with Crippen molar-refractivity contribution in [3.05, 3.63) is 44.5 Å². The molecule has 0 fully saturated rings. The molecule has 0 aliphatic rings. The van der Waals surface area contributed by atoms with E-state index in [1.807, 2.05) is 25.1 Å². The van der Waals surface area contributed by atoms with Gasteiger partial charge in [-0.3, -0.25) is 0 Å². The highest BCUT2D eigenvalue weighted by Gasteiger charge is 2.10. The van der Waals surface area contributed by atoms with E-state index in [4.69, 9.17) is 11.6 Å². The Balaban J connectivity index is 2.07. The Morgan fingerprint density at radius 2 is 2.00 bits per heavy atom. The number of aromatic nitrogens is 2. The van der Waals surface area contributed by atoms with E-state index in [1.54, 1.807) is 11.3 Å². The van der Waals surface area contributed by atoms with Gasteiger partial charge in [-0.25, -0.2) is 4.98 Å². The molecule has 0 saturated carbocycles. The molecule has 2 aromatic heterocycles. The van der Waals surface area contributed by atoms with Crippen LogP contribution in [0.2, 0.25) is 5.28 Å². The van der Waals surface area contributed by atoms with Gasteiger partial charge in [0.05, 0.1) is 5.39 Å². The van der Waals surface area contributed by atoms with Gasteiger partial charge >= 0.3 is 0 Å². The lowest BCUT2D eigenvalue weighted by Crippen LogP contribution is -1.96. The van der Waals surface area contributed by atoms with Crippen LogP contribution >= 0.6 is 38.9 Å². The number of fused-ring (bicyclic) bond motifs is 1. The molecule has 20 heavy (non-hydrogen) atoms. The van der Waals surface area contributed by atoms with Crippen molar-refractivity contribution < 1.29 is 0 Å². The van der Waals surface area contributed by atoms with Crippen molar-refractivity contribution in [2.75, 3.05) is 5.32 Å². The summed E-state index contributed by atoms with van der Waals surface area (Å²) in [5.74, 6) is 0.736. The Kier molecular flexibility index (Phi) is 3.67. The van der Waals surface area contributed by atoms with Gasteiger partial charge in [0.15, 0.2) is 0 Å². The quantitative estimate of drug-likeness (QED) is 0.610. The Bertz CT molecular complexity index is 800. The van der Waals surface area contributed by atoms with E-state index >= 15 is 0 Å². The second-order valence-corrected chi connectivity index (χ2v) is 6.93. The fraction of sp³-hybridized carbons (Fsp3) is 0.143. The van der Waals surface area contributed by atoms with Crippen LogP contribution in [0.15, 0.2) is 28.7 Å². The smallest absolute Gasteiger partial charge is 0.225 e. The fourth-order valence-corrected chi connectivity index (χ4v) is 3.40. The number of benzene rings is 1. The maximum Gasteiger partial charge on any atom is 0.225 e. The summed E-state index contributed by atoms with van der Waals surface area (Å²) < 4.78 is 1.06. The fourth-order valence-electron chi connectivity index (χ4n) is 1.92. The zero-order chi connectivity index (χ0) is 14.3. The van der Waals surface area contributed by atoms with Crippen molar-refractivity contribution >= 4 is 60.6 Å². The van der Waals surface area contributed by atoms with Crippen molar-refractivity contribution in [2.24, 2.45) is 0 Å². The molecule has 2 heterocycles. The van der Waals surface area contributed by atoms with Gasteiger partial charge in [0, 0.05) is 15.0 Å². The van der Waals surface area contributed by atoms with Gasteiger partial charge in [-0.1, -0.05) is 22.0 Å². The lowest BCUT2D eigenvalue weighted by molar-refractivity contribution is 1.23. The molecule has 0 unspecified atom stereocenters. The number of thiophene rings is 1. The van der Waals surface area contributed by atoms with Crippen molar-refractivity contribution in [3.63, 3.8) is 0 Å². The third-order valence-corrected chi connectivity index (χ3v) is 4.89. The minimum atomic E-state index is 0.257. The zero-order valence-corrected chi connectivity index (χ0v) is 14.0. The van der Waals surface area contributed by atoms with Crippen LogP contribution in [0.25, 0.3) is 10.2 Å². The van der Waals surface area contributed by atoms with Gasteiger partial charge in [-0.2, -0.15) is 4.98 Å². The molecule has 0 radical (unpaired) electrons. The lowest BCUT2D eigenvalue weighted by atomic mass is 10.2. The van der Waals surface area contributed by atoms with E-state index in [2.05, 4.69) is 44.2 Å². The van der Waals surface area contributed by atoms with Crippen LogP contribution in [-0.4, -0.2) is 9.97 Å². The Labute approximate surface area is 134 Å². The van der Waals surface area contributed by atoms with E-state index < -0.39 is 0 Å². The number of rotatable bonds is 2. The molecule has 3 rings (SSSR count). The monoisotopic (exact) mass is 367 g/mol. The summed E-state index contributed by atoms with van der Waals surface area (Å²) in [5, 5.41) is 4.56. The maximum atomic E-state index is 5.99. The Morgan fingerprint density at radius 3 is 2.75 bits per heavy atom. The number of nitrogens with one attached hydrogen (secondary N) is 1. The first-order valence-electron chi connectivity index (χ1n) is 6.00. The van der Waals surface area contributed by atoms with Crippen LogP contribution in [0.1, 0.15) is 10.4 Å². The molecule has 1 N–H and O–H groups in total. The predicted octanol–water partition coefficient (Wildman–Crippen LogP) is 5.47. The van der Waals surface area contributed by atoms with Crippen molar-refractivity contribution in [3.8, 4) is 0 Å². The number of hydrogen-bond donors (Lipinski definition) is 1. The molecule has 3 aromatic rings. The van der Waals surface area contributed by atoms with Crippen LogP contribution in [-0.2, 0) is 0 Å². The van der Waals surface area contributed by atoms with Gasteiger partial charge in [-0.05, 0) is 49.2 Å². The number of anilines is 2. The Hall–Kier alpha value is -1.17. The van der Waals surface area contributed by atoms with Crippen molar-refractivity contribution in [1.82, 2.24) is 9.97 Å². The molecule has 0 saturated heterocycles. The molecule has 6 heteroatoms. The van der Waals surface area contributed by atoms with E-state index in [1.165, 1.54) is 10.4 Å². The summed E-state index contributed by atoms with van der Waals surface area (Å²) in [6.07, 6.45) is 0. The van der Waals surface area contributed by atoms with Crippen molar-refractivity contribution in [2.45, 2.75) is 13.8 Å². The van der Waals surface area contributed by atoms with Crippen LogP contribution < -0.4 is 5.32 Å². The third kappa shape index (κ3) is 2.66. The van der Waals surface area contributed by atoms with Crippen LogP contribution in [0.4, 0.5) is 11.5 Å². The summed E-state index contributed by atoms with van der Waals surface area (Å²) >= 11 is 11.1. The maximum absolute atomic E-state index is 5.99. The molecule has 0 amide bonds. The minimum Gasteiger partial charge on any atom is -0.340 e. The zero-order valence-electron chi connectivity index (χ0n) is 10.9. The highest BCUT2D eigenvalue weighted by Crippen LogP contribution is 2.32. The molecule has 0 aliphatic heterocycles. The first-order valence-corrected chi connectivity index (χ1v) is 7.98. The van der Waals surface area contributed by atoms with Gasteiger partial charge in [0.2, 0.25) is 5.28 Å². The standard InChI is InChI=1S/C14H11BrClN3S/c1-7-3-4-9(6-11(7)15)17-12-10-5-8(2)20-13(10)19-14(16)18-12/h3-6H,1-2H3,(H,17,18,19). The summed E-state index contributed by atoms with van der Waals surface area (Å²) in [4.78, 5) is 10.6. The second kappa shape index (κ2) is 5.31. The summed E-state index contributed by atoms with van der Waals surface area (Å²) in [5.41, 5.74) is 2.15. The van der Waals surface area contributed by atoms with E-state index in [-0.39, 0.29) is 5.28 Å². The number of aryl methyl sites for hydroxylation is 2. The largest absolute Gasteiger partial charge is 0.340 e. The van der Waals surface area contributed by atoms with E-state index in [9.17, 15) is 0 Å². The summed E-state index contributed by atoms with van der Waals surface area (Å²) in [6, 6.07) is 8.16. The van der Waals surface area contributed by atoms with Gasteiger partial charge in [0.25, 0.3) is 0 Å². The van der Waals surface area contributed by atoms with E-state index in [0.717, 1.165) is 26.2 Å². The summed E-state index contributed by atoms with van der Waals surface area (Å²) in [7, 11) is 0. The molecule has 3 nitrogen and oxygen atoms in total. The predicted molar refractivity (Wildman–Crippen MR) is 89.3 cm³/mol. The highest BCUT2D eigenvalue weighted by atomic mass is 79.9. The van der Waals surface area contributed by atoms with Crippen LogP contribution in [0.3, 0.4) is 0 Å². The minimum absolute atomic E-state index is 0.257. The second-order valence-electron chi connectivity index (χ2n) is 4.51. The molecule has 0 spiro atoms. The first kappa shape index (κ1) is 13.8. The summed E-state index contributed by atoms with van der Waals surface area (Å²) in [6.45, 7) is 4.10. The SMILES string of the molecule is Cc1cc2c(Nc3ccc(C)c(Br)c3)nc(Cl)nc2s1. The first-order chi connectivity index (χ1) is 9.52. The van der Waals surface area contributed by atoms with Crippen LogP contribution in [0, 0.1) is 13.8 Å². The highest BCUT2D eigenvalue weighted by molar-refractivity contribution is 9.10. The molecule has 0 aliphatic carbocycles. The van der Waals surface area contributed by atoms with Crippen LogP contribution in [0.5, 0.6) is 0 Å². The molecular weight excluding hydrogens is 358 g/mol. The average Bonchev–Trinajstić information content (AvgIpc) is 2.74. The van der Waals surface area contributed by atoms with Crippen molar-refractivity contribution in [1.29, 1.82) is 0 Å². The third-order valence-electron chi connectivity index (χ3n) is 2.92. The normalized spacial score (nSPS) is 11.0. The molecule has 1 aromatic carbocycles. The topological polar surface area (TPSA) is 37.8 Å². The van der Waals surface area contributed by atoms with Gasteiger partial charge in [-0.15, -0.1) is 11.3 Å². The Morgan fingerprint density at radius 1 is 1.20 bits per heavy atom. The average molecular weight is 369 g/mol. The molecule has 0 bridgehead atoms. The molecule has 102 valence electrons. The van der Waals surface area contributed by atoms with Gasteiger partial charge < -0.3 is 5.32 Å². The van der Waals surface area contributed by atoms with E-state index in [0.29, 0.717) is 0 Å². The lowest BCUT2D eigenvalue weighted by Gasteiger charge is -2.08. The molecule has 0 atom stereocenters.